The van der Waals surface area contributed by atoms with Crippen LogP contribution in [0.5, 0.6) is 0 Å². The number of anilines is 3. The zero-order valence-electron chi connectivity index (χ0n) is 12.7. The van der Waals surface area contributed by atoms with E-state index in [4.69, 9.17) is 9.52 Å². The first-order valence-corrected chi connectivity index (χ1v) is 8.06. The Bertz CT molecular complexity index is 994. The topological polar surface area (TPSA) is 130 Å². The van der Waals surface area contributed by atoms with Crippen molar-refractivity contribution < 1.29 is 23.5 Å². The van der Waals surface area contributed by atoms with E-state index in [-0.39, 0.29) is 17.6 Å². The molecule has 3 aromatic rings. The lowest BCUT2D eigenvalue weighted by atomic mass is 10.2. The summed E-state index contributed by atoms with van der Waals surface area (Å²) in [7, 11) is 0. The molecule has 0 saturated heterocycles. The Hall–Kier alpha value is -3.09. The van der Waals surface area contributed by atoms with Crippen LogP contribution in [-0.2, 0) is 9.59 Å². The molecule has 0 aliphatic rings. The van der Waals surface area contributed by atoms with E-state index in [0.29, 0.717) is 11.3 Å². The van der Waals surface area contributed by atoms with Crippen LogP contribution in [0.15, 0.2) is 41.1 Å². The van der Waals surface area contributed by atoms with E-state index in [9.17, 15) is 14.0 Å². The van der Waals surface area contributed by atoms with Crippen molar-refractivity contribution in [1.29, 1.82) is 0 Å². The molecule has 0 atom stereocenters. The van der Waals surface area contributed by atoms with Gasteiger partial charge in [-0.05, 0) is 46.9 Å². The summed E-state index contributed by atoms with van der Waals surface area (Å²) in [6.45, 7) is 0. The maximum absolute atomic E-state index is 14.1. The smallest absolute Gasteiger partial charge is 0.394 e. The molecule has 0 fully saturated rings. The summed E-state index contributed by atoms with van der Waals surface area (Å²) in [5.74, 6) is -3.47. The highest BCUT2D eigenvalue weighted by Gasteiger charge is 2.18. The lowest BCUT2D eigenvalue weighted by Crippen LogP contribution is -2.21. The van der Waals surface area contributed by atoms with Gasteiger partial charge in [-0.25, -0.2) is 9.18 Å². The summed E-state index contributed by atoms with van der Waals surface area (Å²) in [5, 5.41) is 20.7. The number of amides is 1. The molecular weight excluding hydrogens is 460 g/mol. The van der Waals surface area contributed by atoms with Crippen LogP contribution in [0.1, 0.15) is 0 Å². The Labute approximate surface area is 158 Å². The van der Waals surface area contributed by atoms with Gasteiger partial charge in [0, 0.05) is 9.77 Å². The Morgan fingerprint density at radius 1 is 1.19 bits per heavy atom. The predicted molar refractivity (Wildman–Crippen MR) is 96.2 cm³/mol. The highest BCUT2D eigenvalue weighted by molar-refractivity contribution is 14.1. The van der Waals surface area contributed by atoms with E-state index in [0.717, 1.165) is 3.57 Å². The molecule has 132 valence electrons. The number of nitrogens with one attached hydrogen (secondary N) is 2. The van der Waals surface area contributed by atoms with Gasteiger partial charge in [-0.1, -0.05) is 5.10 Å². The minimum atomic E-state index is -1.69. The number of pyridine rings is 1. The molecule has 0 aliphatic carbocycles. The molecule has 0 spiro atoms. The lowest BCUT2D eigenvalue weighted by Gasteiger charge is -2.10. The van der Waals surface area contributed by atoms with Crippen LogP contribution < -0.4 is 10.6 Å². The van der Waals surface area contributed by atoms with Crippen molar-refractivity contribution in [3.8, 4) is 11.5 Å². The first-order valence-electron chi connectivity index (χ1n) is 6.98. The number of nitrogens with zero attached hydrogens (tertiary/aromatic N) is 3. The molecule has 0 aliphatic heterocycles. The average Bonchev–Trinajstić information content (AvgIpc) is 3.06. The standard InChI is InChI=1S/C15H9FIN5O4/c16-9-5-7(17)1-2-10(9)19-11-6-18-4-3-8(11)13-21-22-15(26-13)20-12(23)14(24)25/h1-6,19H,(H,24,25)(H,20,22,23). The number of carbonyl (C=O) groups is 2. The molecule has 1 aromatic carbocycles. The summed E-state index contributed by atoms with van der Waals surface area (Å²) in [6, 6.07) is 5.83. The van der Waals surface area contributed by atoms with Crippen LogP contribution in [0.2, 0.25) is 0 Å². The molecule has 0 bridgehead atoms. The second-order valence-electron chi connectivity index (χ2n) is 4.84. The summed E-state index contributed by atoms with van der Waals surface area (Å²) in [5.41, 5.74) is 0.993. The molecule has 2 heterocycles. The van der Waals surface area contributed by atoms with Gasteiger partial charge in [-0.2, -0.15) is 0 Å². The van der Waals surface area contributed by atoms with Crippen molar-refractivity contribution >= 4 is 51.9 Å². The zero-order chi connectivity index (χ0) is 18.7. The van der Waals surface area contributed by atoms with Crippen molar-refractivity contribution in [2.24, 2.45) is 0 Å². The number of aliphatic carboxylic acids is 1. The number of benzene rings is 1. The van der Waals surface area contributed by atoms with E-state index >= 15 is 0 Å². The minimum Gasteiger partial charge on any atom is -0.474 e. The maximum atomic E-state index is 14.1. The molecule has 9 nitrogen and oxygen atoms in total. The fraction of sp³-hybridized carbons (Fsp3) is 0. The third-order valence-corrected chi connectivity index (χ3v) is 3.76. The van der Waals surface area contributed by atoms with Crippen molar-refractivity contribution in [3.63, 3.8) is 0 Å². The van der Waals surface area contributed by atoms with Crippen LogP contribution in [0.25, 0.3) is 11.5 Å². The van der Waals surface area contributed by atoms with Gasteiger partial charge < -0.3 is 14.8 Å². The van der Waals surface area contributed by atoms with Crippen molar-refractivity contribution in [2.75, 3.05) is 10.6 Å². The second-order valence-corrected chi connectivity index (χ2v) is 6.09. The van der Waals surface area contributed by atoms with Crippen molar-refractivity contribution in [2.45, 2.75) is 0 Å². The fourth-order valence-corrected chi connectivity index (χ4v) is 2.40. The summed E-state index contributed by atoms with van der Waals surface area (Å²) < 4.78 is 20.0. The van der Waals surface area contributed by atoms with Gasteiger partial charge >= 0.3 is 17.9 Å². The van der Waals surface area contributed by atoms with Gasteiger partial charge in [0.2, 0.25) is 0 Å². The number of aromatic nitrogens is 3. The number of carbonyl (C=O) groups excluding carboxylic acids is 1. The van der Waals surface area contributed by atoms with E-state index in [1.165, 1.54) is 18.5 Å². The number of rotatable bonds is 4. The van der Waals surface area contributed by atoms with Gasteiger partial charge in [0.25, 0.3) is 5.89 Å². The average molecular weight is 469 g/mol. The third-order valence-electron chi connectivity index (χ3n) is 3.09. The Kier molecular flexibility index (Phi) is 5.06. The third kappa shape index (κ3) is 3.93. The molecule has 11 heteroatoms. The molecule has 3 N–H and O–H groups in total. The van der Waals surface area contributed by atoms with Crippen LogP contribution in [0, 0.1) is 9.39 Å². The zero-order valence-corrected chi connectivity index (χ0v) is 14.9. The molecule has 0 saturated carbocycles. The van der Waals surface area contributed by atoms with Gasteiger partial charge in [0.1, 0.15) is 5.82 Å². The Balaban J connectivity index is 1.89. The Morgan fingerprint density at radius 3 is 2.73 bits per heavy atom. The minimum absolute atomic E-state index is 0.0125. The number of carboxylic acids is 1. The molecule has 26 heavy (non-hydrogen) atoms. The fourth-order valence-electron chi connectivity index (χ4n) is 1.95. The highest BCUT2D eigenvalue weighted by atomic mass is 127. The molecular formula is C15H9FIN5O4. The van der Waals surface area contributed by atoms with E-state index < -0.39 is 17.7 Å². The molecule has 3 rings (SSSR count). The van der Waals surface area contributed by atoms with Crippen molar-refractivity contribution in [1.82, 2.24) is 15.2 Å². The molecule has 0 radical (unpaired) electrons. The van der Waals surface area contributed by atoms with E-state index in [1.54, 1.807) is 18.2 Å². The molecule has 2 aromatic heterocycles. The monoisotopic (exact) mass is 469 g/mol. The normalized spacial score (nSPS) is 10.4. The van der Waals surface area contributed by atoms with Crippen LogP contribution in [0.4, 0.5) is 21.8 Å². The largest absolute Gasteiger partial charge is 0.474 e. The van der Waals surface area contributed by atoms with Gasteiger partial charge in [-0.15, -0.1) is 5.10 Å². The number of carboxylic acid groups (broad SMARTS) is 1. The van der Waals surface area contributed by atoms with Gasteiger partial charge in [0.05, 0.1) is 23.1 Å². The SMILES string of the molecule is O=C(O)C(=O)Nc1nnc(-c2ccncc2Nc2ccc(I)cc2F)o1. The second kappa shape index (κ2) is 7.43. The highest BCUT2D eigenvalue weighted by Crippen LogP contribution is 2.30. The van der Waals surface area contributed by atoms with E-state index in [1.807, 2.05) is 27.9 Å². The van der Waals surface area contributed by atoms with Gasteiger partial charge in [0.15, 0.2) is 0 Å². The molecule has 1 amide bonds. The summed E-state index contributed by atoms with van der Waals surface area (Å²) >= 11 is 2.00. The van der Waals surface area contributed by atoms with Crippen molar-refractivity contribution in [3.05, 3.63) is 46.0 Å². The first-order chi connectivity index (χ1) is 12.4. The van der Waals surface area contributed by atoms with Crippen LogP contribution in [0.3, 0.4) is 0 Å². The van der Waals surface area contributed by atoms with Crippen LogP contribution >= 0.6 is 22.6 Å². The lowest BCUT2D eigenvalue weighted by molar-refractivity contribution is -0.147. The number of hydrogen-bond acceptors (Lipinski definition) is 7. The number of hydrogen-bond donors (Lipinski definition) is 3. The molecule has 0 unspecified atom stereocenters. The number of halogens is 2. The first kappa shape index (κ1) is 17.7. The van der Waals surface area contributed by atoms with E-state index in [2.05, 4.69) is 20.5 Å². The predicted octanol–water partition coefficient (Wildman–Crippen LogP) is 2.64. The van der Waals surface area contributed by atoms with Crippen LogP contribution in [-0.4, -0.2) is 32.2 Å². The summed E-state index contributed by atoms with van der Waals surface area (Å²) in [4.78, 5) is 25.6. The quantitative estimate of drug-likeness (QED) is 0.393. The summed E-state index contributed by atoms with van der Waals surface area (Å²) in [6.07, 6.45) is 2.90. The van der Waals surface area contributed by atoms with Gasteiger partial charge in [-0.3, -0.25) is 15.1 Å². The Morgan fingerprint density at radius 2 is 2.00 bits per heavy atom. The maximum Gasteiger partial charge on any atom is 0.394 e.